The summed E-state index contributed by atoms with van der Waals surface area (Å²) in [7, 11) is 1.56. The Hall–Kier alpha value is -2.34. The lowest BCUT2D eigenvalue weighted by Crippen LogP contribution is -2.41. The summed E-state index contributed by atoms with van der Waals surface area (Å²) in [6.45, 7) is 1.64. The summed E-state index contributed by atoms with van der Waals surface area (Å²) in [5, 5.41) is 7.21. The molecule has 0 aliphatic heterocycles. The zero-order chi connectivity index (χ0) is 15.2. The van der Waals surface area contributed by atoms with Crippen LogP contribution in [-0.2, 0) is 4.79 Å². The van der Waals surface area contributed by atoms with Gasteiger partial charge in [0.15, 0.2) is 0 Å². The molecule has 1 atom stereocenters. The van der Waals surface area contributed by atoms with Gasteiger partial charge in [0.2, 0.25) is 5.91 Å². The number of carbonyl (C=O) groups excluding carboxylic acids is 2. The van der Waals surface area contributed by atoms with Gasteiger partial charge in [-0.25, -0.2) is 0 Å². The topological polar surface area (TPSA) is 67.4 Å². The molecule has 1 unspecified atom stereocenters. The van der Waals surface area contributed by atoms with Crippen molar-refractivity contribution in [2.45, 2.75) is 13.0 Å². The van der Waals surface area contributed by atoms with Crippen molar-refractivity contribution in [1.29, 1.82) is 0 Å². The molecule has 110 valence electrons. The number of benzene rings is 1. The molecule has 0 saturated heterocycles. The lowest BCUT2D eigenvalue weighted by atomic mass is 10.2. The smallest absolute Gasteiger partial charge is 0.261 e. The van der Waals surface area contributed by atoms with E-state index in [2.05, 4.69) is 10.6 Å². The van der Waals surface area contributed by atoms with Crippen LogP contribution in [0.5, 0.6) is 5.75 Å². The fraction of sp³-hybridized carbons (Fsp3) is 0.200. The van der Waals surface area contributed by atoms with E-state index in [4.69, 9.17) is 4.74 Å². The van der Waals surface area contributed by atoms with Crippen LogP contribution in [0.2, 0.25) is 0 Å². The fourth-order valence-electron chi connectivity index (χ4n) is 1.69. The van der Waals surface area contributed by atoms with E-state index < -0.39 is 6.04 Å². The van der Waals surface area contributed by atoms with E-state index in [1.165, 1.54) is 11.3 Å². The zero-order valence-corrected chi connectivity index (χ0v) is 12.6. The third kappa shape index (κ3) is 4.06. The van der Waals surface area contributed by atoms with E-state index in [9.17, 15) is 9.59 Å². The van der Waals surface area contributed by atoms with Gasteiger partial charge in [-0.05, 0) is 30.5 Å². The monoisotopic (exact) mass is 304 g/mol. The number of thiophene rings is 1. The number of hydrogen-bond acceptors (Lipinski definition) is 4. The van der Waals surface area contributed by atoms with Gasteiger partial charge in [0.25, 0.3) is 5.91 Å². The third-order valence-electron chi connectivity index (χ3n) is 2.82. The molecule has 0 saturated carbocycles. The number of ether oxygens (including phenoxy) is 1. The van der Waals surface area contributed by atoms with Crippen LogP contribution in [0.4, 0.5) is 5.69 Å². The average molecular weight is 304 g/mol. The maximum Gasteiger partial charge on any atom is 0.261 e. The Morgan fingerprint density at radius 2 is 2.05 bits per heavy atom. The summed E-state index contributed by atoms with van der Waals surface area (Å²) in [6, 6.07) is 9.92. The Balaban J connectivity index is 1.94. The van der Waals surface area contributed by atoms with E-state index in [0.717, 1.165) is 0 Å². The second kappa shape index (κ2) is 6.90. The summed E-state index contributed by atoms with van der Waals surface area (Å²) < 4.78 is 5.09. The maximum absolute atomic E-state index is 12.1. The summed E-state index contributed by atoms with van der Waals surface area (Å²) in [4.78, 5) is 24.5. The molecule has 2 rings (SSSR count). The summed E-state index contributed by atoms with van der Waals surface area (Å²) in [5.41, 5.74) is 0.622. The van der Waals surface area contributed by atoms with Crippen LogP contribution in [-0.4, -0.2) is 25.0 Å². The zero-order valence-electron chi connectivity index (χ0n) is 11.8. The molecule has 1 aromatic heterocycles. The molecule has 0 spiro atoms. The van der Waals surface area contributed by atoms with Crippen LogP contribution >= 0.6 is 11.3 Å². The molecule has 0 aliphatic carbocycles. The van der Waals surface area contributed by atoms with Gasteiger partial charge in [-0.1, -0.05) is 12.1 Å². The van der Waals surface area contributed by atoms with Crippen LogP contribution < -0.4 is 15.4 Å². The summed E-state index contributed by atoms with van der Waals surface area (Å²) in [5.74, 6) is 0.120. The first-order valence-electron chi connectivity index (χ1n) is 6.39. The molecule has 2 amide bonds. The molecule has 0 radical (unpaired) electrons. The SMILES string of the molecule is COc1cccc(NC(=O)C(C)NC(=O)c2cccs2)c1. The summed E-state index contributed by atoms with van der Waals surface area (Å²) >= 11 is 1.33. The molecule has 0 bridgehead atoms. The highest BCUT2D eigenvalue weighted by Crippen LogP contribution is 2.16. The number of amides is 2. The number of carbonyl (C=O) groups is 2. The lowest BCUT2D eigenvalue weighted by Gasteiger charge is -2.14. The molecule has 0 fully saturated rings. The Bertz CT molecular complexity index is 626. The second-order valence-corrected chi connectivity index (χ2v) is 5.34. The van der Waals surface area contributed by atoms with Gasteiger partial charge in [0.1, 0.15) is 11.8 Å². The third-order valence-corrected chi connectivity index (χ3v) is 3.69. The molecule has 5 nitrogen and oxygen atoms in total. The predicted molar refractivity (Wildman–Crippen MR) is 82.9 cm³/mol. The van der Waals surface area contributed by atoms with Crippen LogP contribution in [0.15, 0.2) is 41.8 Å². The molecule has 2 N–H and O–H groups in total. The van der Waals surface area contributed by atoms with E-state index >= 15 is 0 Å². The van der Waals surface area contributed by atoms with Gasteiger partial charge in [-0.3, -0.25) is 9.59 Å². The fourth-order valence-corrected chi connectivity index (χ4v) is 2.32. The summed E-state index contributed by atoms with van der Waals surface area (Å²) in [6.07, 6.45) is 0. The Kier molecular flexibility index (Phi) is 4.94. The van der Waals surface area contributed by atoms with Gasteiger partial charge >= 0.3 is 0 Å². The number of rotatable bonds is 5. The highest BCUT2D eigenvalue weighted by atomic mass is 32.1. The first kappa shape index (κ1) is 15.1. The first-order valence-corrected chi connectivity index (χ1v) is 7.27. The van der Waals surface area contributed by atoms with Gasteiger partial charge in [0.05, 0.1) is 12.0 Å². The van der Waals surface area contributed by atoms with E-state index in [1.807, 2.05) is 5.38 Å². The quantitative estimate of drug-likeness (QED) is 0.892. The van der Waals surface area contributed by atoms with E-state index in [0.29, 0.717) is 16.3 Å². The largest absolute Gasteiger partial charge is 0.497 e. The maximum atomic E-state index is 12.1. The normalized spacial score (nSPS) is 11.5. The van der Waals surface area contributed by atoms with Crippen molar-refractivity contribution in [1.82, 2.24) is 5.32 Å². The molecular weight excluding hydrogens is 288 g/mol. The average Bonchev–Trinajstić information content (AvgIpc) is 3.01. The van der Waals surface area contributed by atoms with E-state index in [1.54, 1.807) is 50.4 Å². The Labute approximate surface area is 126 Å². The molecule has 1 aromatic carbocycles. The van der Waals surface area contributed by atoms with Crippen molar-refractivity contribution in [3.05, 3.63) is 46.7 Å². The highest BCUT2D eigenvalue weighted by molar-refractivity contribution is 7.12. The van der Waals surface area contributed by atoms with Gasteiger partial charge in [-0.15, -0.1) is 11.3 Å². The standard InChI is InChI=1S/C15H16N2O3S/c1-10(16-15(19)13-7-4-8-21-13)14(18)17-11-5-3-6-12(9-11)20-2/h3-10H,1-2H3,(H,16,19)(H,17,18). The molecule has 21 heavy (non-hydrogen) atoms. The van der Waals surface area contributed by atoms with Crippen LogP contribution in [0.1, 0.15) is 16.6 Å². The van der Waals surface area contributed by atoms with Crippen LogP contribution in [0.3, 0.4) is 0 Å². The minimum Gasteiger partial charge on any atom is -0.497 e. The number of methoxy groups -OCH3 is 1. The van der Waals surface area contributed by atoms with Crippen molar-refractivity contribution in [2.24, 2.45) is 0 Å². The molecule has 0 aliphatic rings. The molecule has 6 heteroatoms. The van der Waals surface area contributed by atoms with Crippen LogP contribution in [0, 0.1) is 0 Å². The highest BCUT2D eigenvalue weighted by Gasteiger charge is 2.17. The van der Waals surface area contributed by atoms with E-state index in [-0.39, 0.29) is 11.8 Å². The number of hydrogen-bond donors (Lipinski definition) is 2. The van der Waals surface area contributed by atoms with Crippen LogP contribution in [0.25, 0.3) is 0 Å². The van der Waals surface area contributed by atoms with Gasteiger partial charge in [-0.2, -0.15) is 0 Å². The van der Waals surface area contributed by atoms with Gasteiger partial charge < -0.3 is 15.4 Å². The van der Waals surface area contributed by atoms with Crippen molar-refractivity contribution in [3.63, 3.8) is 0 Å². The van der Waals surface area contributed by atoms with Crippen molar-refractivity contribution in [3.8, 4) is 5.75 Å². The molecule has 2 aromatic rings. The Morgan fingerprint density at radius 3 is 2.71 bits per heavy atom. The number of nitrogens with one attached hydrogen (secondary N) is 2. The molecular formula is C15H16N2O3S. The lowest BCUT2D eigenvalue weighted by molar-refractivity contribution is -0.117. The first-order chi connectivity index (χ1) is 10.1. The second-order valence-electron chi connectivity index (χ2n) is 4.39. The molecule has 1 heterocycles. The van der Waals surface area contributed by atoms with Gasteiger partial charge in [0, 0.05) is 11.8 Å². The minimum absolute atomic E-state index is 0.252. The van der Waals surface area contributed by atoms with Crippen molar-refractivity contribution >= 4 is 28.8 Å². The van der Waals surface area contributed by atoms with Crippen molar-refractivity contribution < 1.29 is 14.3 Å². The predicted octanol–water partition coefficient (Wildman–Crippen LogP) is 2.51. The Morgan fingerprint density at radius 1 is 1.24 bits per heavy atom. The minimum atomic E-state index is -0.634. The van der Waals surface area contributed by atoms with Crippen molar-refractivity contribution in [2.75, 3.05) is 12.4 Å². The number of anilines is 1.